The maximum absolute atomic E-state index is 2.66. The van der Waals surface area contributed by atoms with Crippen molar-refractivity contribution >= 4 is 28.8 Å². The Hall–Kier alpha value is -3.75. The molecule has 5 aromatic rings. The van der Waals surface area contributed by atoms with E-state index in [9.17, 15) is 0 Å². The van der Waals surface area contributed by atoms with Gasteiger partial charge in [0.2, 0.25) is 0 Å². The van der Waals surface area contributed by atoms with Crippen molar-refractivity contribution in [3.63, 3.8) is 0 Å². The molecule has 252 valence electrons. The van der Waals surface area contributed by atoms with Crippen molar-refractivity contribution in [3.8, 4) is 11.1 Å². The van der Waals surface area contributed by atoms with Crippen molar-refractivity contribution < 1.29 is 0 Å². The van der Waals surface area contributed by atoms with Gasteiger partial charge in [-0.3, -0.25) is 0 Å². The van der Waals surface area contributed by atoms with Gasteiger partial charge in [-0.25, -0.2) is 0 Å². The van der Waals surface area contributed by atoms with Gasteiger partial charge in [-0.05, 0) is 161 Å². The third-order valence-electron chi connectivity index (χ3n) is 14.0. The van der Waals surface area contributed by atoms with Gasteiger partial charge in [-0.15, -0.1) is 0 Å². The molecule has 1 nitrogen and oxygen atoms in total. The first-order chi connectivity index (χ1) is 24.2. The predicted molar refractivity (Wildman–Crippen MR) is 210 cm³/mol. The maximum atomic E-state index is 2.66. The third kappa shape index (κ3) is 4.59. The number of benzene rings is 5. The zero-order valence-corrected chi connectivity index (χ0v) is 30.9. The van der Waals surface area contributed by atoms with Gasteiger partial charge in [-0.1, -0.05) is 106 Å². The molecular formula is C48H49NS. The van der Waals surface area contributed by atoms with Crippen LogP contribution in [0.5, 0.6) is 0 Å². The average Bonchev–Trinajstić information content (AvgIpc) is 3.12. The molecule has 4 saturated carbocycles. The lowest BCUT2D eigenvalue weighted by molar-refractivity contribution is -0.0443. The van der Waals surface area contributed by atoms with Crippen LogP contribution in [-0.4, -0.2) is 0 Å². The Morgan fingerprint density at radius 2 is 1.06 bits per heavy atom. The quantitative estimate of drug-likeness (QED) is 0.187. The molecule has 50 heavy (non-hydrogen) atoms. The van der Waals surface area contributed by atoms with Gasteiger partial charge in [0.05, 0.1) is 0 Å². The van der Waals surface area contributed by atoms with Crippen LogP contribution in [0.2, 0.25) is 0 Å². The van der Waals surface area contributed by atoms with Crippen molar-refractivity contribution in [1.82, 2.24) is 0 Å². The molecular weight excluding hydrogens is 623 g/mol. The van der Waals surface area contributed by atoms with E-state index >= 15 is 0 Å². The number of hydrogen-bond donors (Lipinski definition) is 0. The molecule has 0 N–H and O–H groups in total. The summed E-state index contributed by atoms with van der Waals surface area (Å²) < 4.78 is 0. The van der Waals surface area contributed by atoms with Crippen molar-refractivity contribution in [2.45, 2.75) is 98.7 Å². The maximum Gasteiger partial charge on any atom is 0.0467 e. The summed E-state index contributed by atoms with van der Waals surface area (Å²) >= 11 is 2.01. The summed E-state index contributed by atoms with van der Waals surface area (Å²) in [6.07, 6.45) is 9.50. The molecule has 1 heterocycles. The Bertz CT molecular complexity index is 2090. The standard InChI is InChI=1S/C48H49NS/c1-46(2)21-22-47(3,4)42-29-38(17-19-40(42)46)49(37-14-10-13-34(28-37)33-11-6-5-7-12-33)39-18-20-45-43(30-39)48(41-15-8-9-16-44(41)50-45)35-24-31-23-32(26-35)27-36(48)25-31/h5-20,28-32,35-36H,21-27H2,1-4H3. The molecule has 0 unspecified atom stereocenters. The van der Waals surface area contributed by atoms with Crippen LogP contribution in [0.25, 0.3) is 11.1 Å². The van der Waals surface area contributed by atoms with Crippen molar-refractivity contribution in [2.75, 3.05) is 4.90 Å². The minimum absolute atomic E-state index is 0.111. The molecule has 0 radical (unpaired) electrons. The molecule has 0 saturated heterocycles. The summed E-state index contributed by atoms with van der Waals surface area (Å²) in [5.41, 5.74) is 13.0. The fraction of sp³-hybridized carbons (Fsp3) is 0.375. The number of fused-ring (bicyclic) bond motifs is 3. The third-order valence-corrected chi connectivity index (χ3v) is 15.1. The summed E-state index contributed by atoms with van der Waals surface area (Å²) in [6, 6.07) is 44.6. The number of hydrogen-bond acceptors (Lipinski definition) is 2. The van der Waals surface area contributed by atoms with Gasteiger partial charge >= 0.3 is 0 Å². The molecule has 2 heteroatoms. The van der Waals surface area contributed by atoms with E-state index in [1.54, 1.807) is 11.1 Å². The number of anilines is 3. The molecule has 4 fully saturated rings. The highest BCUT2D eigenvalue weighted by atomic mass is 32.2. The van der Waals surface area contributed by atoms with Crippen molar-refractivity contribution in [2.24, 2.45) is 23.7 Å². The van der Waals surface area contributed by atoms with E-state index in [4.69, 9.17) is 0 Å². The largest absolute Gasteiger partial charge is 0.310 e. The molecule has 5 aliphatic carbocycles. The monoisotopic (exact) mass is 671 g/mol. The molecule has 11 rings (SSSR count). The SMILES string of the molecule is CC1(C)CCC(C)(C)c2cc(N(c3cccc(-c4ccccc4)c3)c3ccc4c(c3)C3(c5ccccc5S4)C4CC5CC(C4)CC3C5)ccc21. The molecule has 4 bridgehead atoms. The Morgan fingerprint density at radius 1 is 0.480 bits per heavy atom. The van der Waals surface area contributed by atoms with E-state index in [0.29, 0.717) is 0 Å². The Morgan fingerprint density at radius 3 is 1.80 bits per heavy atom. The summed E-state index contributed by atoms with van der Waals surface area (Å²) in [4.78, 5) is 5.55. The fourth-order valence-electron chi connectivity index (χ4n) is 11.7. The van der Waals surface area contributed by atoms with Crippen LogP contribution >= 0.6 is 11.8 Å². The van der Waals surface area contributed by atoms with Crippen molar-refractivity contribution in [3.05, 3.63) is 138 Å². The van der Waals surface area contributed by atoms with Gasteiger partial charge in [-0.2, -0.15) is 0 Å². The fourth-order valence-corrected chi connectivity index (χ4v) is 12.9. The first kappa shape index (κ1) is 31.0. The highest BCUT2D eigenvalue weighted by molar-refractivity contribution is 7.99. The van der Waals surface area contributed by atoms with Crippen LogP contribution in [-0.2, 0) is 16.2 Å². The molecule has 5 aromatic carbocycles. The van der Waals surface area contributed by atoms with Crippen LogP contribution < -0.4 is 4.90 Å². The number of rotatable bonds is 4. The van der Waals surface area contributed by atoms with Crippen LogP contribution in [0, 0.1) is 23.7 Å². The summed E-state index contributed by atoms with van der Waals surface area (Å²) in [7, 11) is 0. The molecule has 0 amide bonds. The smallest absolute Gasteiger partial charge is 0.0467 e. The predicted octanol–water partition coefficient (Wildman–Crippen LogP) is 13.4. The van der Waals surface area contributed by atoms with E-state index < -0.39 is 0 Å². The second-order valence-electron chi connectivity index (χ2n) is 17.7. The van der Waals surface area contributed by atoms with E-state index in [2.05, 4.69) is 148 Å². The second-order valence-corrected chi connectivity index (χ2v) is 18.8. The van der Waals surface area contributed by atoms with Gasteiger partial charge in [0.1, 0.15) is 0 Å². The molecule has 0 atom stereocenters. The van der Waals surface area contributed by atoms with Gasteiger partial charge in [0, 0.05) is 32.3 Å². The van der Waals surface area contributed by atoms with E-state index in [0.717, 1.165) is 23.7 Å². The van der Waals surface area contributed by atoms with E-state index in [1.807, 2.05) is 11.8 Å². The van der Waals surface area contributed by atoms with Gasteiger partial charge < -0.3 is 4.90 Å². The van der Waals surface area contributed by atoms with Crippen LogP contribution in [0.1, 0.15) is 94.9 Å². The first-order valence-electron chi connectivity index (χ1n) is 19.2. The zero-order valence-electron chi connectivity index (χ0n) is 30.1. The minimum Gasteiger partial charge on any atom is -0.310 e. The normalized spacial score (nSPS) is 27.8. The first-order valence-corrected chi connectivity index (χ1v) is 20.0. The van der Waals surface area contributed by atoms with Crippen LogP contribution in [0.3, 0.4) is 0 Å². The minimum atomic E-state index is 0.111. The summed E-state index contributed by atoms with van der Waals surface area (Å²) in [5.74, 6) is 3.32. The van der Waals surface area contributed by atoms with E-state index in [1.165, 1.54) is 94.1 Å². The van der Waals surface area contributed by atoms with Gasteiger partial charge in [0.25, 0.3) is 0 Å². The highest BCUT2D eigenvalue weighted by Gasteiger charge is 2.60. The lowest BCUT2D eigenvalue weighted by Gasteiger charge is -2.63. The lowest BCUT2D eigenvalue weighted by Crippen LogP contribution is -2.57. The highest BCUT2D eigenvalue weighted by Crippen LogP contribution is 2.69. The van der Waals surface area contributed by atoms with Gasteiger partial charge in [0.15, 0.2) is 0 Å². The molecule has 0 aromatic heterocycles. The molecule has 1 spiro atoms. The topological polar surface area (TPSA) is 3.24 Å². The molecule has 1 aliphatic heterocycles. The average molecular weight is 672 g/mol. The summed E-state index contributed by atoms with van der Waals surface area (Å²) in [5, 5.41) is 0. The van der Waals surface area contributed by atoms with Crippen LogP contribution in [0.4, 0.5) is 17.1 Å². The summed E-state index contributed by atoms with van der Waals surface area (Å²) in [6.45, 7) is 9.78. The number of nitrogens with zero attached hydrogens (tertiary/aromatic N) is 1. The van der Waals surface area contributed by atoms with E-state index in [-0.39, 0.29) is 16.2 Å². The molecule has 6 aliphatic rings. The van der Waals surface area contributed by atoms with Crippen LogP contribution in [0.15, 0.2) is 125 Å². The zero-order chi connectivity index (χ0) is 33.8. The Balaban J connectivity index is 1.19. The Kier molecular flexibility index (Phi) is 6.90. The second kappa shape index (κ2) is 11.1. The van der Waals surface area contributed by atoms with Crippen molar-refractivity contribution in [1.29, 1.82) is 0 Å². The lowest BCUT2D eigenvalue weighted by atomic mass is 9.42. The Labute approximate surface area is 303 Å².